The Kier molecular flexibility index (Phi) is 3.62. The van der Waals surface area contributed by atoms with Gasteiger partial charge in [0.1, 0.15) is 0 Å². The largest absolute Gasteiger partial charge is 0.382 e. The first-order valence-electron chi connectivity index (χ1n) is 5.94. The summed E-state index contributed by atoms with van der Waals surface area (Å²) in [5.74, 6) is 0. The van der Waals surface area contributed by atoms with Gasteiger partial charge in [0.25, 0.3) is 0 Å². The van der Waals surface area contributed by atoms with Crippen molar-refractivity contribution in [3.8, 4) is 0 Å². The molecule has 1 aliphatic rings. The number of rotatable bonds is 3. The maximum atomic E-state index is 3.62. The summed E-state index contributed by atoms with van der Waals surface area (Å²) in [5, 5.41) is 7.00. The first-order valence-corrected chi connectivity index (χ1v) is 5.94. The molecule has 1 aromatic rings. The number of hydrogen-bond acceptors (Lipinski definition) is 2. The fourth-order valence-electron chi connectivity index (χ4n) is 2.08. The molecule has 1 saturated heterocycles. The minimum absolute atomic E-state index is 0.651. The van der Waals surface area contributed by atoms with Gasteiger partial charge in [0.2, 0.25) is 0 Å². The summed E-state index contributed by atoms with van der Waals surface area (Å²) >= 11 is 0. The summed E-state index contributed by atoms with van der Waals surface area (Å²) in [4.78, 5) is 0. The van der Waals surface area contributed by atoms with Crippen molar-refractivity contribution >= 4 is 5.69 Å². The van der Waals surface area contributed by atoms with Crippen LogP contribution in [0.15, 0.2) is 24.3 Å². The van der Waals surface area contributed by atoms with Crippen LogP contribution < -0.4 is 10.6 Å². The minimum Gasteiger partial charge on any atom is -0.382 e. The summed E-state index contributed by atoms with van der Waals surface area (Å²) in [7, 11) is 0. The van der Waals surface area contributed by atoms with Gasteiger partial charge in [0.15, 0.2) is 0 Å². The summed E-state index contributed by atoms with van der Waals surface area (Å²) < 4.78 is 0. The van der Waals surface area contributed by atoms with Crippen molar-refractivity contribution in [3.05, 3.63) is 29.8 Å². The van der Waals surface area contributed by atoms with E-state index in [1.165, 1.54) is 24.1 Å². The molecule has 0 atom stereocenters. The lowest BCUT2D eigenvalue weighted by molar-refractivity contribution is 0.479. The molecule has 82 valence electrons. The van der Waals surface area contributed by atoms with Gasteiger partial charge in [-0.3, -0.25) is 0 Å². The first-order chi connectivity index (χ1) is 7.38. The van der Waals surface area contributed by atoms with E-state index in [9.17, 15) is 0 Å². The van der Waals surface area contributed by atoms with Gasteiger partial charge in [0.05, 0.1) is 0 Å². The van der Waals surface area contributed by atoms with Crippen molar-refractivity contribution in [2.75, 3.05) is 18.4 Å². The number of hydrogen-bond donors (Lipinski definition) is 2. The van der Waals surface area contributed by atoms with Crippen LogP contribution in [0.2, 0.25) is 0 Å². The van der Waals surface area contributed by atoms with E-state index in [0.29, 0.717) is 6.04 Å². The lowest BCUT2D eigenvalue weighted by atomic mass is 10.1. The molecular weight excluding hydrogens is 184 g/mol. The zero-order valence-corrected chi connectivity index (χ0v) is 9.42. The van der Waals surface area contributed by atoms with Crippen molar-refractivity contribution < 1.29 is 0 Å². The SMILES string of the molecule is CCc1cccc(NC2CCNCC2)c1. The Bertz CT molecular complexity index is 303. The Balaban J connectivity index is 1.96. The molecule has 0 bridgehead atoms. The van der Waals surface area contributed by atoms with E-state index < -0.39 is 0 Å². The highest BCUT2D eigenvalue weighted by Crippen LogP contribution is 2.15. The lowest BCUT2D eigenvalue weighted by Crippen LogP contribution is -2.35. The monoisotopic (exact) mass is 204 g/mol. The number of nitrogens with one attached hydrogen (secondary N) is 2. The maximum Gasteiger partial charge on any atom is 0.0345 e. The van der Waals surface area contributed by atoms with Crippen LogP contribution in [0.25, 0.3) is 0 Å². The van der Waals surface area contributed by atoms with Crippen LogP contribution in [0, 0.1) is 0 Å². The number of aryl methyl sites for hydroxylation is 1. The zero-order chi connectivity index (χ0) is 10.5. The van der Waals surface area contributed by atoms with E-state index in [4.69, 9.17) is 0 Å². The lowest BCUT2D eigenvalue weighted by Gasteiger charge is -2.24. The van der Waals surface area contributed by atoms with Crippen LogP contribution >= 0.6 is 0 Å². The van der Waals surface area contributed by atoms with Gasteiger partial charge in [-0.15, -0.1) is 0 Å². The first kappa shape index (κ1) is 10.5. The number of piperidine rings is 1. The van der Waals surface area contributed by atoms with Gasteiger partial charge in [0, 0.05) is 11.7 Å². The summed E-state index contributed by atoms with van der Waals surface area (Å²) in [6, 6.07) is 9.41. The quantitative estimate of drug-likeness (QED) is 0.790. The van der Waals surface area contributed by atoms with Gasteiger partial charge < -0.3 is 10.6 Å². The fraction of sp³-hybridized carbons (Fsp3) is 0.538. The number of benzene rings is 1. The summed E-state index contributed by atoms with van der Waals surface area (Å²) in [6.45, 7) is 4.49. The topological polar surface area (TPSA) is 24.1 Å². The highest BCUT2D eigenvalue weighted by atomic mass is 15.0. The molecule has 0 radical (unpaired) electrons. The molecule has 2 heteroatoms. The van der Waals surface area contributed by atoms with E-state index in [1.54, 1.807) is 0 Å². The smallest absolute Gasteiger partial charge is 0.0345 e. The summed E-state index contributed by atoms with van der Waals surface area (Å²) in [6.07, 6.45) is 3.58. The van der Waals surface area contributed by atoms with Crippen molar-refractivity contribution in [1.29, 1.82) is 0 Å². The number of anilines is 1. The molecule has 2 N–H and O–H groups in total. The van der Waals surface area contributed by atoms with E-state index in [-0.39, 0.29) is 0 Å². The molecule has 0 saturated carbocycles. The third kappa shape index (κ3) is 2.96. The predicted molar refractivity (Wildman–Crippen MR) is 65.3 cm³/mol. The van der Waals surface area contributed by atoms with Gasteiger partial charge >= 0.3 is 0 Å². The molecular formula is C13H20N2. The highest BCUT2D eigenvalue weighted by Gasteiger charge is 2.11. The highest BCUT2D eigenvalue weighted by molar-refractivity contribution is 5.46. The summed E-state index contributed by atoms with van der Waals surface area (Å²) in [5.41, 5.74) is 2.69. The predicted octanol–water partition coefficient (Wildman–Crippen LogP) is 2.41. The van der Waals surface area contributed by atoms with Crippen molar-refractivity contribution in [1.82, 2.24) is 5.32 Å². The standard InChI is InChI=1S/C13H20N2/c1-2-11-4-3-5-13(10-11)15-12-6-8-14-9-7-12/h3-5,10,12,14-15H,2,6-9H2,1H3. The Morgan fingerprint density at radius 1 is 1.33 bits per heavy atom. The molecule has 0 aliphatic carbocycles. The molecule has 1 fully saturated rings. The normalized spacial score (nSPS) is 17.7. The third-order valence-electron chi connectivity index (χ3n) is 3.05. The second-order valence-corrected chi connectivity index (χ2v) is 4.22. The molecule has 1 aliphatic heterocycles. The van der Waals surface area contributed by atoms with Gasteiger partial charge in [-0.2, -0.15) is 0 Å². The van der Waals surface area contributed by atoms with E-state index in [0.717, 1.165) is 19.5 Å². The molecule has 2 nitrogen and oxygen atoms in total. The van der Waals surface area contributed by atoms with Crippen molar-refractivity contribution in [2.45, 2.75) is 32.2 Å². The zero-order valence-electron chi connectivity index (χ0n) is 9.42. The van der Waals surface area contributed by atoms with Gasteiger partial charge in [-0.25, -0.2) is 0 Å². The molecule has 0 aromatic heterocycles. The molecule has 0 amide bonds. The van der Waals surface area contributed by atoms with Crippen LogP contribution in [0.5, 0.6) is 0 Å². The van der Waals surface area contributed by atoms with E-state index in [2.05, 4.69) is 41.8 Å². The average Bonchev–Trinajstić information content (AvgIpc) is 2.31. The second kappa shape index (κ2) is 5.17. The van der Waals surface area contributed by atoms with Crippen LogP contribution in [0.3, 0.4) is 0 Å². The molecule has 2 rings (SSSR count). The van der Waals surface area contributed by atoms with E-state index >= 15 is 0 Å². The molecule has 1 aromatic carbocycles. The Hall–Kier alpha value is -1.02. The Morgan fingerprint density at radius 2 is 2.13 bits per heavy atom. The van der Waals surface area contributed by atoms with Crippen LogP contribution in [-0.2, 0) is 6.42 Å². The Morgan fingerprint density at radius 3 is 2.87 bits per heavy atom. The second-order valence-electron chi connectivity index (χ2n) is 4.22. The molecule has 15 heavy (non-hydrogen) atoms. The molecule has 1 heterocycles. The van der Waals surface area contributed by atoms with Crippen molar-refractivity contribution in [2.24, 2.45) is 0 Å². The van der Waals surface area contributed by atoms with Crippen LogP contribution in [0.4, 0.5) is 5.69 Å². The van der Waals surface area contributed by atoms with Crippen molar-refractivity contribution in [3.63, 3.8) is 0 Å². The average molecular weight is 204 g/mol. The maximum absolute atomic E-state index is 3.62. The van der Waals surface area contributed by atoms with Gasteiger partial charge in [-0.1, -0.05) is 19.1 Å². The van der Waals surface area contributed by atoms with Crippen LogP contribution in [-0.4, -0.2) is 19.1 Å². The Labute approximate surface area is 92.1 Å². The van der Waals surface area contributed by atoms with E-state index in [1.807, 2.05) is 0 Å². The molecule has 0 unspecified atom stereocenters. The third-order valence-corrected chi connectivity index (χ3v) is 3.05. The van der Waals surface area contributed by atoms with Gasteiger partial charge in [-0.05, 0) is 50.0 Å². The van der Waals surface area contributed by atoms with Crippen LogP contribution in [0.1, 0.15) is 25.3 Å². The minimum atomic E-state index is 0.651. The fourth-order valence-corrected chi connectivity index (χ4v) is 2.08. The molecule has 0 spiro atoms.